The van der Waals surface area contributed by atoms with Crippen molar-refractivity contribution in [3.8, 4) is 0 Å². The van der Waals surface area contributed by atoms with Crippen LogP contribution in [0.2, 0.25) is 6.55 Å². The molecule has 74 valence electrons. The summed E-state index contributed by atoms with van der Waals surface area (Å²) in [6.45, 7) is 2.64. The van der Waals surface area contributed by atoms with Crippen LogP contribution in [0.1, 0.15) is 12.8 Å². The lowest BCUT2D eigenvalue weighted by atomic mass is 10.3. The third-order valence-electron chi connectivity index (χ3n) is 2.20. The van der Waals surface area contributed by atoms with Crippen LogP contribution in [0.25, 0.3) is 0 Å². The Bertz CT molecular complexity index is 120. The highest BCUT2D eigenvalue weighted by atomic mass is 28.4. The molecule has 0 aromatic rings. The lowest BCUT2D eigenvalue weighted by Gasteiger charge is -2.28. The minimum Gasteiger partial charge on any atom is -0.397 e. The zero-order chi connectivity index (χ0) is 9.61. The molecule has 0 aliphatic heterocycles. The number of rotatable bonds is 6. The number of hydrogen-bond donors (Lipinski definition) is 2. The molecule has 4 nitrogen and oxygen atoms in total. The van der Waals surface area contributed by atoms with Crippen LogP contribution < -0.4 is 11.5 Å². The Labute approximate surface area is 75.5 Å². The molecule has 0 aliphatic carbocycles. The summed E-state index contributed by atoms with van der Waals surface area (Å²) in [7, 11) is 1.19. The maximum Gasteiger partial charge on any atom is 0.351 e. The predicted octanol–water partition coefficient (Wildman–Crippen LogP) is -0.0434. The SMILES string of the molecule is CO[Si](C)(OC)C(N)CCCN. The van der Waals surface area contributed by atoms with Gasteiger partial charge in [0.2, 0.25) is 0 Å². The van der Waals surface area contributed by atoms with E-state index in [1.807, 2.05) is 6.55 Å². The van der Waals surface area contributed by atoms with E-state index < -0.39 is 8.56 Å². The van der Waals surface area contributed by atoms with Gasteiger partial charge in [0, 0.05) is 19.9 Å². The minimum atomic E-state index is -2.12. The fraction of sp³-hybridized carbons (Fsp3) is 1.00. The molecule has 0 aromatic heterocycles. The van der Waals surface area contributed by atoms with Crippen LogP contribution in [0.5, 0.6) is 0 Å². The molecule has 1 unspecified atom stereocenters. The van der Waals surface area contributed by atoms with Gasteiger partial charge >= 0.3 is 8.56 Å². The minimum absolute atomic E-state index is 0.0102. The fourth-order valence-corrected chi connectivity index (χ4v) is 2.49. The standard InChI is InChI=1S/C7H20N2O2Si/c1-10-12(3,11-2)7(9)5-4-6-8/h7H,4-6,8-9H2,1-3H3. The second-order valence-electron chi connectivity index (χ2n) is 2.96. The van der Waals surface area contributed by atoms with Gasteiger partial charge in [-0.15, -0.1) is 0 Å². The molecule has 0 saturated heterocycles. The van der Waals surface area contributed by atoms with Crippen molar-refractivity contribution in [2.45, 2.75) is 25.1 Å². The smallest absolute Gasteiger partial charge is 0.351 e. The maximum absolute atomic E-state index is 5.92. The average Bonchev–Trinajstić information content (AvgIpc) is 2.12. The van der Waals surface area contributed by atoms with Crippen molar-refractivity contribution >= 4 is 8.56 Å². The predicted molar refractivity (Wildman–Crippen MR) is 51.9 cm³/mol. The first-order chi connectivity index (χ1) is 5.60. The first kappa shape index (κ1) is 12.1. The lowest BCUT2D eigenvalue weighted by Crippen LogP contribution is -2.54. The molecule has 1 atom stereocenters. The van der Waals surface area contributed by atoms with Crippen LogP contribution in [0.3, 0.4) is 0 Å². The summed E-state index contributed by atoms with van der Waals surface area (Å²) in [5, 5.41) is 0. The second kappa shape index (κ2) is 5.66. The fourth-order valence-electron chi connectivity index (χ4n) is 0.986. The molecule has 0 fully saturated rings. The Balaban J connectivity index is 3.93. The van der Waals surface area contributed by atoms with Crippen LogP contribution >= 0.6 is 0 Å². The van der Waals surface area contributed by atoms with Gasteiger partial charge in [-0.25, -0.2) is 0 Å². The normalized spacial score (nSPS) is 14.8. The summed E-state index contributed by atoms with van der Waals surface area (Å²) < 4.78 is 10.6. The van der Waals surface area contributed by atoms with Crippen molar-refractivity contribution < 1.29 is 8.85 Å². The van der Waals surface area contributed by atoms with Crippen molar-refractivity contribution in [1.82, 2.24) is 0 Å². The summed E-state index contributed by atoms with van der Waals surface area (Å²) in [5.74, 6) is 0. The van der Waals surface area contributed by atoms with Crippen molar-refractivity contribution in [3.63, 3.8) is 0 Å². The largest absolute Gasteiger partial charge is 0.397 e. The molecular weight excluding hydrogens is 172 g/mol. The van der Waals surface area contributed by atoms with Gasteiger partial charge in [-0.2, -0.15) is 0 Å². The third kappa shape index (κ3) is 3.20. The van der Waals surface area contributed by atoms with Gasteiger partial charge in [-0.3, -0.25) is 0 Å². The Morgan fingerprint density at radius 1 is 1.33 bits per heavy atom. The van der Waals surface area contributed by atoms with Crippen molar-refractivity contribution in [2.24, 2.45) is 11.5 Å². The molecule has 0 radical (unpaired) electrons. The summed E-state index contributed by atoms with van der Waals surface area (Å²) in [6, 6.07) is 0. The van der Waals surface area contributed by atoms with E-state index in [0.717, 1.165) is 12.8 Å². The molecule has 0 heterocycles. The summed E-state index contributed by atoms with van der Waals surface area (Å²) in [4.78, 5) is 0. The molecule has 0 aliphatic rings. The monoisotopic (exact) mass is 192 g/mol. The maximum atomic E-state index is 5.92. The molecule has 4 N–H and O–H groups in total. The van der Waals surface area contributed by atoms with Gasteiger partial charge in [0.15, 0.2) is 0 Å². The van der Waals surface area contributed by atoms with Gasteiger partial charge in [-0.05, 0) is 25.9 Å². The summed E-state index contributed by atoms with van der Waals surface area (Å²) in [6.07, 6.45) is 1.80. The first-order valence-electron chi connectivity index (χ1n) is 4.16. The average molecular weight is 192 g/mol. The Morgan fingerprint density at radius 3 is 2.17 bits per heavy atom. The molecule has 0 amide bonds. The molecule has 0 saturated carbocycles. The van der Waals surface area contributed by atoms with E-state index in [4.69, 9.17) is 20.3 Å². The van der Waals surface area contributed by atoms with Gasteiger partial charge in [0.1, 0.15) is 0 Å². The van der Waals surface area contributed by atoms with E-state index in [0.29, 0.717) is 6.54 Å². The molecule has 0 aromatic carbocycles. The number of hydrogen-bond acceptors (Lipinski definition) is 4. The Kier molecular flexibility index (Phi) is 5.69. The molecule has 0 spiro atoms. The van der Waals surface area contributed by atoms with Crippen molar-refractivity contribution in [2.75, 3.05) is 20.8 Å². The van der Waals surface area contributed by atoms with Gasteiger partial charge in [-0.1, -0.05) is 0 Å². The highest BCUT2D eigenvalue weighted by Gasteiger charge is 2.36. The van der Waals surface area contributed by atoms with E-state index in [1.165, 1.54) is 0 Å². The summed E-state index contributed by atoms with van der Waals surface area (Å²) in [5.41, 5.74) is 11.3. The van der Waals surface area contributed by atoms with Crippen LogP contribution in [-0.2, 0) is 8.85 Å². The van der Waals surface area contributed by atoms with Gasteiger partial charge in [0.25, 0.3) is 0 Å². The van der Waals surface area contributed by atoms with Crippen LogP contribution in [0.15, 0.2) is 0 Å². The number of nitrogens with two attached hydrogens (primary N) is 2. The third-order valence-corrected chi connectivity index (χ3v) is 5.46. The molecule has 0 rings (SSSR count). The second-order valence-corrected chi connectivity index (χ2v) is 6.55. The van der Waals surface area contributed by atoms with E-state index in [-0.39, 0.29) is 5.67 Å². The van der Waals surface area contributed by atoms with Crippen LogP contribution in [0.4, 0.5) is 0 Å². The summed E-state index contributed by atoms with van der Waals surface area (Å²) >= 11 is 0. The van der Waals surface area contributed by atoms with E-state index in [1.54, 1.807) is 14.2 Å². The van der Waals surface area contributed by atoms with Crippen molar-refractivity contribution in [1.29, 1.82) is 0 Å². The zero-order valence-electron chi connectivity index (χ0n) is 8.17. The first-order valence-corrected chi connectivity index (χ1v) is 6.56. The van der Waals surface area contributed by atoms with Crippen molar-refractivity contribution in [3.05, 3.63) is 0 Å². The molecular formula is C7H20N2O2Si. The van der Waals surface area contributed by atoms with Crippen LogP contribution in [0, 0.1) is 0 Å². The Morgan fingerprint density at radius 2 is 1.83 bits per heavy atom. The zero-order valence-corrected chi connectivity index (χ0v) is 9.17. The highest BCUT2D eigenvalue weighted by molar-refractivity contribution is 6.67. The lowest BCUT2D eigenvalue weighted by molar-refractivity contribution is 0.235. The highest BCUT2D eigenvalue weighted by Crippen LogP contribution is 2.12. The molecule has 5 heteroatoms. The molecule has 12 heavy (non-hydrogen) atoms. The Hall–Kier alpha value is 0.0569. The van der Waals surface area contributed by atoms with Gasteiger partial charge < -0.3 is 20.3 Å². The van der Waals surface area contributed by atoms with Crippen LogP contribution in [-0.4, -0.2) is 35.0 Å². The van der Waals surface area contributed by atoms with E-state index >= 15 is 0 Å². The quantitative estimate of drug-likeness (QED) is 0.579. The topological polar surface area (TPSA) is 70.5 Å². The van der Waals surface area contributed by atoms with Gasteiger partial charge in [0.05, 0.1) is 0 Å². The van der Waals surface area contributed by atoms with E-state index in [2.05, 4.69) is 0 Å². The molecule has 0 bridgehead atoms. The van der Waals surface area contributed by atoms with E-state index in [9.17, 15) is 0 Å².